The average molecular weight is 480 g/mol. The van der Waals surface area contributed by atoms with Crippen molar-refractivity contribution >= 4 is 28.2 Å². The second kappa shape index (κ2) is 8.19. The zero-order valence-electron chi connectivity index (χ0n) is 18.7. The van der Waals surface area contributed by atoms with Crippen molar-refractivity contribution in [2.45, 2.75) is 19.9 Å². The van der Waals surface area contributed by atoms with Gasteiger partial charge < -0.3 is 18.7 Å². The van der Waals surface area contributed by atoms with Gasteiger partial charge in [0.25, 0.3) is 0 Å². The van der Waals surface area contributed by atoms with Gasteiger partial charge in [0, 0.05) is 48.6 Å². The Kier molecular flexibility index (Phi) is 5.12. The van der Waals surface area contributed by atoms with E-state index in [0.717, 1.165) is 64.1 Å². The van der Waals surface area contributed by atoms with Crippen molar-refractivity contribution < 1.29 is 18.0 Å². The van der Waals surface area contributed by atoms with E-state index in [-0.39, 0.29) is 12.0 Å². The molecule has 0 saturated carbocycles. The lowest BCUT2D eigenvalue weighted by molar-refractivity contribution is 0.255. The summed E-state index contributed by atoms with van der Waals surface area (Å²) < 4.78 is 38.2. The summed E-state index contributed by atoms with van der Waals surface area (Å²) in [6, 6.07) is 9.75. The van der Waals surface area contributed by atoms with Crippen LogP contribution in [-0.4, -0.2) is 54.7 Å². The Labute approximate surface area is 198 Å². The van der Waals surface area contributed by atoms with Gasteiger partial charge in [-0.25, -0.2) is 9.71 Å². The number of benzene rings is 1. The Morgan fingerprint density at radius 2 is 2.09 bits per heavy atom. The summed E-state index contributed by atoms with van der Waals surface area (Å²) in [7, 11) is 0. The van der Waals surface area contributed by atoms with Crippen molar-refractivity contribution in [3.63, 3.8) is 0 Å². The Morgan fingerprint density at radius 1 is 1.24 bits per heavy atom. The molecule has 1 unspecified atom stereocenters. The standard InChI is InChI=1S/C23H24N6O4S/c1-13-20(14(2)33-27-13)16-6-7-18-21-22(16)32-12-19(17-5-3-4-8-24-17)29(21)23(26-18)28-10-15(11-28)9-25-34(30)31/h3-8,15,19,25H,9-12H2,1-2H3,(H,30,31)/p-1/t19-/m1/s1. The van der Waals surface area contributed by atoms with E-state index in [1.165, 1.54) is 0 Å². The fourth-order valence-corrected chi connectivity index (χ4v) is 5.32. The third-order valence-electron chi connectivity index (χ3n) is 6.55. The molecule has 2 aliphatic rings. The summed E-state index contributed by atoms with van der Waals surface area (Å²) in [6.45, 7) is 6.09. The van der Waals surface area contributed by atoms with Gasteiger partial charge >= 0.3 is 0 Å². The highest BCUT2D eigenvalue weighted by atomic mass is 32.2. The number of rotatable bonds is 6. The molecule has 0 spiro atoms. The van der Waals surface area contributed by atoms with Crippen LogP contribution in [0.25, 0.3) is 22.2 Å². The molecular formula is C23H23N6O4S-. The summed E-state index contributed by atoms with van der Waals surface area (Å²) in [5.41, 5.74) is 5.32. The fraction of sp³-hybridized carbons (Fsp3) is 0.348. The lowest BCUT2D eigenvalue weighted by atomic mass is 10.0. The molecule has 1 saturated heterocycles. The van der Waals surface area contributed by atoms with E-state index in [1.807, 2.05) is 44.2 Å². The summed E-state index contributed by atoms with van der Waals surface area (Å²) in [6.07, 6.45) is 1.79. The second-order valence-electron chi connectivity index (χ2n) is 8.73. The maximum atomic E-state index is 10.9. The molecule has 3 aromatic heterocycles. The maximum absolute atomic E-state index is 10.9. The first-order chi connectivity index (χ1) is 16.5. The van der Waals surface area contributed by atoms with Gasteiger partial charge in [-0.15, -0.1) is 0 Å². The molecule has 4 aromatic rings. The van der Waals surface area contributed by atoms with Crippen LogP contribution in [0.4, 0.5) is 5.95 Å². The normalized spacial score (nSPS) is 18.7. The first-order valence-electron chi connectivity index (χ1n) is 11.1. The minimum atomic E-state index is -2.25. The number of pyridine rings is 1. The van der Waals surface area contributed by atoms with Crippen LogP contribution in [0, 0.1) is 19.8 Å². The molecule has 0 aliphatic carbocycles. The van der Waals surface area contributed by atoms with E-state index in [2.05, 4.69) is 24.3 Å². The highest BCUT2D eigenvalue weighted by Crippen LogP contribution is 2.46. The number of nitrogens with zero attached hydrogens (tertiary/aromatic N) is 5. The molecular weight excluding hydrogens is 456 g/mol. The zero-order valence-corrected chi connectivity index (χ0v) is 19.5. The predicted molar refractivity (Wildman–Crippen MR) is 125 cm³/mol. The minimum absolute atomic E-state index is 0.139. The molecule has 0 radical (unpaired) electrons. The van der Waals surface area contributed by atoms with Crippen LogP contribution in [0.2, 0.25) is 0 Å². The van der Waals surface area contributed by atoms with Crippen molar-refractivity contribution in [1.29, 1.82) is 0 Å². The molecule has 0 amide bonds. The molecule has 11 heteroatoms. The fourth-order valence-electron chi connectivity index (χ4n) is 4.95. The van der Waals surface area contributed by atoms with Gasteiger partial charge in [0.2, 0.25) is 5.95 Å². The van der Waals surface area contributed by atoms with Crippen LogP contribution < -0.4 is 14.4 Å². The number of aromatic nitrogens is 4. The number of ether oxygens (including phenoxy) is 1. The summed E-state index contributed by atoms with van der Waals surface area (Å²) in [5, 5.41) is 4.12. The van der Waals surface area contributed by atoms with Gasteiger partial charge in [0.05, 0.1) is 22.5 Å². The summed E-state index contributed by atoms with van der Waals surface area (Å²) in [5.74, 6) is 2.57. The lowest BCUT2D eigenvalue weighted by Gasteiger charge is -2.41. The molecule has 1 fully saturated rings. The van der Waals surface area contributed by atoms with Crippen molar-refractivity contribution in [3.05, 3.63) is 53.7 Å². The zero-order chi connectivity index (χ0) is 23.4. The quantitative estimate of drug-likeness (QED) is 0.419. The number of imidazole rings is 1. The third kappa shape index (κ3) is 3.39. The molecule has 176 valence electrons. The van der Waals surface area contributed by atoms with Crippen LogP contribution in [-0.2, 0) is 11.3 Å². The van der Waals surface area contributed by atoms with Gasteiger partial charge in [-0.3, -0.25) is 13.8 Å². The number of hydrogen-bond donors (Lipinski definition) is 1. The molecule has 0 bridgehead atoms. The van der Waals surface area contributed by atoms with Gasteiger partial charge in [-0.2, -0.15) is 0 Å². The second-order valence-corrected chi connectivity index (χ2v) is 9.48. The van der Waals surface area contributed by atoms with E-state index < -0.39 is 11.3 Å². The smallest absolute Gasteiger partial charge is 0.207 e. The van der Waals surface area contributed by atoms with Crippen molar-refractivity contribution in [2.24, 2.45) is 5.92 Å². The number of aryl methyl sites for hydroxylation is 2. The van der Waals surface area contributed by atoms with E-state index >= 15 is 0 Å². The average Bonchev–Trinajstić information content (AvgIpc) is 3.35. The van der Waals surface area contributed by atoms with Gasteiger partial charge in [-0.05, 0) is 38.1 Å². The van der Waals surface area contributed by atoms with Crippen LogP contribution in [0.3, 0.4) is 0 Å². The Hall–Kier alpha value is -3.28. The number of anilines is 1. The molecule has 6 rings (SSSR count). The third-order valence-corrected chi connectivity index (χ3v) is 6.95. The summed E-state index contributed by atoms with van der Waals surface area (Å²) >= 11 is -2.25. The Balaban J connectivity index is 1.48. The van der Waals surface area contributed by atoms with Gasteiger partial charge in [-0.1, -0.05) is 11.2 Å². The van der Waals surface area contributed by atoms with Crippen molar-refractivity contribution in [2.75, 3.05) is 31.1 Å². The molecule has 2 atom stereocenters. The van der Waals surface area contributed by atoms with E-state index in [0.29, 0.717) is 13.2 Å². The van der Waals surface area contributed by atoms with Gasteiger partial charge in [0.15, 0.2) is 5.75 Å². The van der Waals surface area contributed by atoms with E-state index in [1.54, 1.807) is 6.20 Å². The predicted octanol–water partition coefficient (Wildman–Crippen LogP) is 2.50. The van der Waals surface area contributed by atoms with E-state index in [4.69, 9.17) is 14.2 Å². The van der Waals surface area contributed by atoms with Crippen LogP contribution >= 0.6 is 0 Å². The summed E-state index contributed by atoms with van der Waals surface area (Å²) in [4.78, 5) is 11.8. The monoisotopic (exact) mass is 479 g/mol. The molecule has 1 aromatic carbocycles. The lowest BCUT2D eigenvalue weighted by Crippen LogP contribution is -2.52. The van der Waals surface area contributed by atoms with Crippen LogP contribution in [0.5, 0.6) is 5.75 Å². The van der Waals surface area contributed by atoms with Crippen molar-refractivity contribution in [3.8, 4) is 16.9 Å². The highest BCUT2D eigenvalue weighted by molar-refractivity contribution is 7.77. The first kappa shape index (κ1) is 21.3. The van der Waals surface area contributed by atoms with Gasteiger partial charge in [0.1, 0.15) is 23.9 Å². The molecule has 10 nitrogen and oxygen atoms in total. The SMILES string of the molecule is Cc1noc(C)c1-c1ccc2nc(N3CC(CNS(=O)[O-])C3)n3c2c1OC[C@@H]3c1ccccn1. The molecule has 2 aliphatic heterocycles. The number of nitrogens with one attached hydrogen (secondary N) is 1. The number of hydrogen-bond acceptors (Lipinski definition) is 8. The topological polar surface area (TPSA) is 121 Å². The first-order valence-corrected chi connectivity index (χ1v) is 12.2. The Morgan fingerprint density at radius 3 is 2.79 bits per heavy atom. The largest absolute Gasteiger partial charge is 0.760 e. The van der Waals surface area contributed by atoms with Crippen LogP contribution in [0.15, 0.2) is 41.1 Å². The molecule has 5 heterocycles. The highest BCUT2D eigenvalue weighted by Gasteiger charge is 2.37. The Bertz CT molecular complexity index is 1380. The maximum Gasteiger partial charge on any atom is 0.207 e. The van der Waals surface area contributed by atoms with Crippen LogP contribution in [0.1, 0.15) is 23.2 Å². The molecule has 34 heavy (non-hydrogen) atoms. The van der Waals surface area contributed by atoms with Crippen molar-refractivity contribution in [1.82, 2.24) is 24.4 Å². The van der Waals surface area contributed by atoms with E-state index in [9.17, 15) is 8.76 Å². The minimum Gasteiger partial charge on any atom is -0.760 e. The molecule has 1 N–H and O–H groups in total.